The molecule has 1 aliphatic rings. The molecule has 0 spiro atoms. The van der Waals surface area contributed by atoms with Crippen LogP contribution in [0.15, 0.2) is 0 Å². The van der Waals surface area contributed by atoms with Crippen LogP contribution in [0.5, 0.6) is 0 Å². The van der Waals surface area contributed by atoms with Gasteiger partial charge in [0.25, 0.3) is 5.91 Å². The van der Waals surface area contributed by atoms with Crippen LogP contribution in [-0.2, 0) is 11.2 Å². The van der Waals surface area contributed by atoms with Crippen LogP contribution in [0.3, 0.4) is 0 Å². The quantitative estimate of drug-likeness (QED) is 0.785. The topological polar surface area (TPSA) is 75.2 Å². The van der Waals surface area contributed by atoms with E-state index in [0.29, 0.717) is 24.3 Å². The highest BCUT2D eigenvalue weighted by Gasteiger charge is 2.19. The molecule has 2 rings (SSSR count). The Hall–Kier alpha value is -1.50. The van der Waals surface area contributed by atoms with Gasteiger partial charge in [0.1, 0.15) is 4.88 Å². The number of carbonyl (C=O) groups excluding carboxylic acids is 2. The molecule has 0 aliphatic carbocycles. The summed E-state index contributed by atoms with van der Waals surface area (Å²) in [4.78, 5) is 25.7. The number of hydrogen-bond acceptors (Lipinski definition) is 5. The lowest BCUT2D eigenvalue weighted by atomic mass is 10.3. The van der Waals surface area contributed by atoms with E-state index in [9.17, 15) is 9.59 Å². The largest absolute Gasteiger partial charge is 0.351 e. The zero-order chi connectivity index (χ0) is 13.7. The number of hydrogen-bond donors (Lipinski definition) is 1. The molecule has 0 radical (unpaired) electrons. The molecular formula is C12H18N4O2S. The van der Waals surface area contributed by atoms with Crippen LogP contribution in [0.2, 0.25) is 0 Å². The van der Waals surface area contributed by atoms with Crippen LogP contribution < -0.4 is 5.32 Å². The highest BCUT2D eigenvalue weighted by molar-refractivity contribution is 7.08. The Morgan fingerprint density at radius 3 is 3.05 bits per heavy atom. The molecule has 1 aromatic heterocycles. The van der Waals surface area contributed by atoms with E-state index in [4.69, 9.17) is 0 Å². The van der Waals surface area contributed by atoms with Gasteiger partial charge in [-0.15, -0.1) is 5.10 Å². The summed E-state index contributed by atoms with van der Waals surface area (Å²) in [5.74, 6) is 0.117. The second kappa shape index (κ2) is 6.60. The number of likely N-dealkylation sites (tertiary alicyclic amines) is 1. The molecule has 104 valence electrons. The van der Waals surface area contributed by atoms with Crippen LogP contribution in [0.1, 0.15) is 41.6 Å². The van der Waals surface area contributed by atoms with Crippen molar-refractivity contribution < 1.29 is 9.59 Å². The third kappa shape index (κ3) is 3.50. The van der Waals surface area contributed by atoms with Crippen molar-refractivity contribution in [2.75, 3.05) is 19.6 Å². The van der Waals surface area contributed by atoms with Crippen LogP contribution in [-0.4, -0.2) is 45.9 Å². The number of rotatable bonds is 6. The summed E-state index contributed by atoms with van der Waals surface area (Å²) in [6.07, 6.45) is 3.11. The first-order valence-electron chi connectivity index (χ1n) is 6.59. The SMILES string of the molecule is CCc1nnsc1C(=O)NCCCN1CCCC1=O. The van der Waals surface area contributed by atoms with Gasteiger partial charge in [-0.25, -0.2) is 0 Å². The monoisotopic (exact) mass is 282 g/mol. The smallest absolute Gasteiger partial charge is 0.264 e. The first kappa shape index (κ1) is 13.9. The highest BCUT2D eigenvalue weighted by Crippen LogP contribution is 2.11. The molecule has 0 atom stereocenters. The maximum absolute atomic E-state index is 11.9. The van der Waals surface area contributed by atoms with Crippen LogP contribution >= 0.6 is 11.5 Å². The molecular weight excluding hydrogens is 264 g/mol. The summed E-state index contributed by atoms with van der Waals surface area (Å²) in [5, 5.41) is 6.76. The minimum Gasteiger partial charge on any atom is -0.351 e. The lowest BCUT2D eigenvalue weighted by Gasteiger charge is -2.15. The summed E-state index contributed by atoms with van der Waals surface area (Å²) in [6, 6.07) is 0. The first-order chi connectivity index (χ1) is 9.22. The molecule has 6 nitrogen and oxygen atoms in total. The Bertz CT molecular complexity index is 460. The van der Waals surface area contributed by atoms with Gasteiger partial charge in [0.05, 0.1) is 5.69 Å². The third-order valence-corrected chi connectivity index (χ3v) is 3.93. The van der Waals surface area contributed by atoms with E-state index in [1.807, 2.05) is 11.8 Å². The molecule has 1 aromatic rings. The van der Waals surface area contributed by atoms with E-state index in [1.165, 1.54) is 0 Å². The molecule has 0 aromatic carbocycles. The molecule has 1 aliphatic heterocycles. The minimum absolute atomic E-state index is 0.111. The van der Waals surface area contributed by atoms with Gasteiger partial charge >= 0.3 is 0 Å². The Morgan fingerprint density at radius 2 is 2.37 bits per heavy atom. The van der Waals surface area contributed by atoms with Crippen molar-refractivity contribution in [1.29, 1.82) is 0 Å². The molecule has 0 saturated carbocycles. The van der Waals surface area contributed by atoms with Crippen molar-refractivity contribution in [3.63, 3.8) is 0 Å². The van der Waals surface area contributed by atoms with Gasteiger partial charge in [-0.2, -0.15) is 0 Å². The zero-order valence-electron chi connectivity index (χ0n) is 11.0. The summed E-state index contributed by atoms with van der Waals surface area (Å²) in [5.41, 5.74) is 0.747. The number of amides is 2. The summed E-state index contributed by atoms with van der Waals surface area (Å²) in [6.45, 7) is 4.10. The van der Waals surface area contributed by atoms with Crippen molar-refractivity contribution in [2.24, 2.45) is 0 Å². The van der Waals surface area contributed by atoms with Crippen molar-refractivity contribution in [3.8, 4) is 0 Å². The lowest BCUT2D eigenvalue weighted by Crippen LogP contribution is -2.30. The predicted molar refractivity (Wildman–Crippen MR) is 72.1 cm³/mol. The average Bonchev–Trinajstić information content (AvgIpc) is 3.03. The van der Waals surface area contributed by atoms with Gasteiger partial charge in [-0.05, 0) is 30.8 Å². The van der Waals surface area contributed by atoms with Gasteiger partial charge in [0.2, 0.25) is 5.91 Å². The summed E-state index contributed by atoms with van der Waals surface area (Å²) < 4.78 is 3.79. The van der Waals surface area contributed by atoms with Crippen molar-refractivity contribution in [3.05, 3.63) is 10.6 Å². The fraction of sp³-hybridized carbons (Fsp3) is 0.667. The highest BCUT2D eigenvalue weighted by atomic mass is 32.1. The third-order valence-electron chi connectivity index (χ3n) is 3.16. The minimum atomic E-state index is -0.111. The second-order valence-electron chi connectivity index (χ2n) is 4.50. The molecule has 1 N–H and O–H groups in total. The zero-order valence-corrected chi connectivity index (χ0v) is 11.8. The molecule has 2 amide bonds. The van der Waals surface area contributed by atoms with Gasteiger partial charge in [-0.1, -0.05) is 11.4 Å². The van der Waals surface area contributed by atoms with E-state index >= 15 is 0 Å². The molecule has 0 unspecified atom stereocenters. The van der Waals surface area contributed by atoms with Crippen molar-refractivity contribution in [1.82, 2.24) is 19.8 Å². The maximum atomic E-state index is 11.9. The van der Waals surface area contributed by atoms with E-state index < -0.39 is 0 Å². The maximum Gasteiger partial charge on any atom is 0.264 e. The predicted octanol–water partition coefficient (Wildman–Crippen LogP) is 0.843. The number of carbonyl (C=O) groups is 2. The number of nitrogens with zero attached hydrogens (tertiary/aromatic N) is 3. The van der Waals surface area contributed by atoms with E-state index in [-0.39, 0.29) is 11.8 Å². The molecule has 0 bridgehead atoms. The van der Waals surface area contributed by atoms with E-state index in [1.54, 1.807) is 0 Å². The normalized spacial score (nSPS) is 15.0. The summed E-state index contributed by atoms with van der Waals surface area (Å²) in [7, 11) is 0. The van der Waals surface area contributed by atoms with Gasteiger partial charge in [-0.3, -0.25) is 9.59 Å². The van der Waals surface area contributed by atoms with Crippen LogP contribution in [0.4, 0.5) is 0 Å². The van der Waals surface area contributed by atoms with Crippen LogP contribution in [0, 0.1) is 0 Å². The number of nitrogens with one attached hydrogen (secondary N) is 1. The van der Waals surface area contributed by atoms with Gasteiger partial charge < -0.3 is 10.2 Å². The van der Waals surface area contributed by atoms with Crippen molar-refractivity contribution >= 4 is 23.3 Å². The number of aromatic nitrogens is 2. The lowest BCUT2D eigenvalue weighted by molar-refractivity contribution is -0.127. The molecule has 1 saturated heterocycles. The Morgan fingerprint density at radius 1 is 1.53 bits per heavy atom. The Kier molecular flexibility index (Phi) is 4.84. The van der Waals surface area contributed by atoms with E-state index in [2.05, 4.69) is 14.9 Å². The van der Waals surface area contributed by atoms with Gasteiger partial charge in [0, 0.05) is 26.1 Å². The standard InChI is InChI=1S/C12H18N4O2S/c1-2-9-11(19-15-14-9)12(18)13-6-4-8-16-7-3-5-10(16)17/h2-8H2,1H3,(H,13,18). The van der Waals surface area contributed by atoms with E-state index in [0.717, 1.165) is 43.2 Å². The Labute approximate surface area is 116 Å². The summed E-state index contributed by atoms with van der Waals surface area (Å²) >= 11 is 1.13. The fourth-order valence-corrected chi connectivity index (χ4v) is 2.77. The van der Waals surface area contributed by atoms with Gasteiger partial charge in [0.15, 0.2) is 0 Å². The molecule has 19 heavy (non-hydrogen) atoms. The second-order valence-corrected chi connectivity index (χ2v) is 5.25. The molecule has 7 heteroatoms. The fourth-order valence-electron chi connectivity index (χ4n) is 2.10. The number of aryl methyl sites for hydroxylation is 1. The average molecular weight is 282 g/mol. The van der Waals surface area contributed by atoms with Crippen LogP contribution in [0.25, 0.3) is 0 Å². The first-order valence-corrected chi connectivity index (χ1v) is 7.37. The molecule has 2 heterocycles. The van der Waals surface area contributed by atoms with Crippen molar-refractivity contribution in [2.45, 2.75) is 32.6 Å². The molecule has 1 fully saturated rings. The Balaban J connectivity index is 1.71.